The topological polar surface area (TPSA) is 129 Å². The quantitative estimate of drug-likeness (QED) is 0.354. The summed E-state index contributed by atoms with van der Waals surface area (Å²) in [6.45, 7) is -0.190. The van der Waals surface area contributed by atoms with Gasteiger partial charge in [0.15, 0.2) is 0 Å². The van der Waals surface area contributed by atoms with Gasteiger partial charge in [0.05, 0.1) is 0 Å². The summed E-state index contributed by atoms with van der Waals surface area (Å²) in [5.41, 5.74) is 7.80. The van der Waals surface area contributed by atoms with E-state index in [1.807, 2.05) is 0 Å². The van der Waals surface area contributed by atoms with Crippen molar-refractivity contribution >= 4 is 34.4 Å². The van der Waals surface area contributed by atoms with E-state index in [4.69, 9.17) is 5.73 Å². The van der Waals surface area contributed by atoms with Crippen molar-refractivity contribution in [1.29, 1.82) is 0 Å². The highest BCUT2D eigenvalue weighted by Gasteiger charge is 2.44. The van der Waals surface area contributed by atoms with Crippen molar-refractivity contribution in [3.63, 3.8) is 0 Å². The zero-order valence-corrected chi connectivity index (χ0v) is 21.4. The highest BCUT2D eigenvalue weighted by molar-refractivity contribution is 6.01. The molecular formula is C29H32F2N4O4. The number of rotatable bonds is 7. The number of aromatic amines is 1. The van der Waals surface area contributed by atoms with E-state index >= 15 is 0 Å². The van der Waals surface area contributed by atoms with E-state index in [9.17, 15) is 28.3 Å². The highest BCUT2D eigenvalue weighted by atomic mass is 19.1. The molecule has 5 N–H and O–H groups in total. The summed E-state index contributed by atoms with van der Waals surface area (Å²) in [5.74, 6) is -2.46. The molecule has 0 spiro atoms. The molecule has 1 unspecified atom stereocenters. The van der Waals surface area contributed by atoms with E-state index in [1.165, 1.54) is 18.2 Å². The molecule has 1 aromatic heterocycles. The minimum absolute atomic E-state index is 0.0413. The molecule has 2 aliphatic rings. The molecule has 10 heteroatoms. The second-order valence-electron chi connectivity index (χ2n) is 10.6. The van der Waals surface area contributed by atoms with Gasteiger partial charge in [-0.1, -0.05) is 12.1 Å². The molecule has 3 atom stereocenters. The molecule has 2 heterocycles. The van der Waals surface area contributed by atoms with Crippen LogP contribution in [0.15, 0.2) is 48.5 Å². The summed E-state index contributed by atoms with van der Waals surface area (Å²) < 4.78 is 26.7. The van der Waals surface area contributed by atoms with Crippen LogP contribution in [0.25, 0.3) is 10.9 Å². The first-order chi connectivity index (χ1) is 18.7. The normalized spacial score (nSPS) is 24.0. The monoisotopic (exact) mass is 538 g/mol. The Bertz CT molecular complexity index is 1370. The van der Waals surface area contributed by atoms with Gasteiger partial charge in [0, 0.05) is 41.0 Å². The van der Waals surface area contributed by atoms with Crippen LogP contribution < -0.4 is 11.1 Å². The summed E-state index contributed by atoms with van der Waals surface area (Å²) in [7, 11) is 0. The van der Waals surface area contributed by atoms with Crippen molar-refractivity contribution in [2.24, 2.45) is 17.6 Å². The number of fused-ring (bicyclic) bond motifs is 1. The van der Waals surface area contributed by atoms with Crippen LogP contribution in [0.4, 0.5) is 14.5 Å². The lowest BCUT2D eigenvalue weighted by Gasteiger charge is -2.35. The maximum Gasteiger partial charge on any atom is 0.352 e. The van der Waals surface area contributed by atoms with Gasteiger partial charge in [-0.25, -0.2) is 13.6 Å². The molecule has 8 nitrogen and oxygen atoms in total. The van der Waals surface area contributed by atoms with Crippen LogP contribution in [0, 0.1) is 17.7 Å². The lowest BCUT2D eigenvalue weighted by molar-refractivity contribution is -0.141. The maximum absolute atomic E-state index is 13.8. The summed E-state index contributed by atoms with van der Waals surface area (Å²) in [6.07, 6.45) is 3.08. The van der Waals surface area contributed by atoms with Gasteiger partial charge in [-0.2, -0.15) is 0 Å². The van der Waals surface area contributed by atoms with E-state index in [-0.39, 0.29) is 41.1 Å². The molecule has 0 radical (unpaired) electrons. The Labute approximate surface area is 224 Å². The van der Waals surface area contributed by atoms with Gasteiger partial charge < -0.3 is 26.0 Å². The van der Waals surface area contributed by atoms with Gasteiger partial charge in [0.25, 0.3) is 0 Å². The first-order valence-electron chi connectivity index (χ1n) is 13.3. The first-order valence-corrected chi connectivity index (χ1v) is 13.3. The van der Waals surface area contributed by atoms with Crippen molar-refractivity contribution in [2.45, 2.75) is 50.1 Å². The number of nitrogens with two attached hydrogens (primary N) is 1. The molecular weight excluding hydrogens is 506 g/mol. The van der Waals surface area contributed by atoms with Crippen LogP contribution in [0.2, 0.25) is 0 Å². The summed E-state index contributed by atoms with van der Waals surface area (Å²) >= 11 is 0. The highest BCUT2D eigenvalue weighted by Crippen LogP contribution is 2.38. The van der Waals surface area contributed by atoms with E-state index < -0.39 is 24.7 Å². The van der Waals surface area contributed by atoms with Crippen molar-refractivity contribution in [3.8, 4) is 0 Å². The molecule has 2 aromatic carbocycles. The Morgan fingerprint density at radius 1 is 1.05 bits per heavy atom. The third-order valence-electron chi connectivity index (χ3n) is 8.27. The SMILES string of the molecule is NC(CF)C1CCC(C(=O)N2CC[C@@H](c3ccc(F)cc3)[C@H]2C(=O)Nc2ccc3[nH]c(C(=O)O)cc3c2)CC1. The number of aromatic nitrogens is 1. The number of carbonyl (C=O) groups excluding carboxylic acids is 2. The zero-order chi connectivity index (χ0) is 27.7. The lowest BCUT2D eigenvalue weighted by atomic mass is 9.78. The summed E-state index contributed by atoms with van der Waals surface area (Å²) in [6, 6.07) is 11.2. The predicted octanol–water partition coefficient (Wildman–Crippen LogP) is 4.43. The van der Waals surface area contributed by atoms with Crippen molar-refractivity contribution in [3.05, 3.63) is 65.6 Å². The molecule has 3 aromatic rings. The molecule has 2 fully saturated rings. The average molecular weight is 539 g/mol. The van der Waals surface area contributed by atoms with Crippen molar-refractivity contribution in [1.82, 2.24) is 9.88 Å². The molecule has 1 aliphatic heterocycles. The largest absolute Gasteiger partial charge is 0.477 e. The number of aromatic carboxylic acids is 1. The number of halogens is 2. The number of hydrogen-bond donors (Lipinski definition) is 4. The number of carboxylic acid groups (broad SMARTS) is 1. The molecule has 5 rings (SSSR count). The number of hydrogen-bond acceptors (Lipinski definition) is 4. The third kappa shape index (κ3) is 5.52. The van der Waals surface area contributed by atoms with E-state index in [1.54, 1.807) is 35.2 Å². The van der Waals surface area contributed by atoms with Gasteiger partial charge in [-0.05, 0) is 80.0 Å². The summed E-state index contributed by atoms with van der Waals surface area (Å²) in [4.78, 5) is 43.2. The lowest BCUT2D eigenvalue weighted by Crippen LogP contribution is -2.48. The number of H-pyrrole nitrogens is 1. The minimum Gasteiger partial charge on any atom is -0.477 e. The Morgan fingerprint density at radius 2 is 1.77 bits per heavy atom. The summed E-state index contributed by atoms with van der Waals surface area (Å²) in [5, 5.41) is 12.8. The fraction of sp³-hybridized carbons (Fsp3) is 0.414. The van der Waals surface area contributed by atoms with Crippen LogP contribution in [0.3, 0.4) is 0 Å². The molecule has 0 bridgehead atoms. The number of alkyl halides is 1. The fourth-order valence-electron chi connectivity index (χ4n) is 6.12. The van der Waals surface area contributed by atoms with Crippen LogP contribution in [0.5, 0.6) is 0 Å². The third-order valence-corrected chi connectivity index (χ3v) is 8.27. The Morgan fingerprint density at radius 3 is 2.44 bits per heavy atom. The maximum atomic E-state index is 13.8. The van der Waals surface area contributed by atoms with Gasteiger partial charge in [0.2, 0.25) is 11.8 Å². The number of amides is 2. The minimum atomic E-state index is -1.08. The Hall–Kier alpha value is -3.79. The van der Waals surface area contributed by atoms with Gasteiger partial charge in [-0.3, -0.25) is 9.59 Å². The molecule has 206 valence electrons. The number of nitrogens with one attached hydrogen (secondary N) is 2. The van der Waals surface area contributed by atoms with Crippen LogP contribution in [-0.4, -0.2) is 58.1 Å². The van der Waals surface area contributed by atoms with E-state index in [0.717, 1.165) is 5.56 Å². The van der Waals surface area contributed by atoms with E-state index in [2.05, 4.69) is 10.3 Å². The van der Waals surface area contributed by atoms with Crippen LogP contribution in [0.1, 0.15) is 54.1 Å². The van der Waals surface area contributed by atoms with Crippen LogP contribution >= 0.6 is 0 Å². The smallest absolute Gasteiger partial charge is 0.352 e. The Kier molecular flexibility index (Phi) is 7.65. The van der Waals surface area contributed by atoms with Crippen LogP contribution in [-0.2, 0) is 9.59 Å². The van der Waals surface area contributed by atoms with E-state index in [0.29, 0.717) is 55.2 Å². The molecule has 1 aliphatic carbocycles. The number of benzene rings is 2. The average Bonchev–Trinajstić information content (AvgIpc) is 3.57. The number of carbonyl (C=O) groups is 3. The van der Waals surface area contributed by atoms with Gasteiger partial charge in [0.1, 0.15) is 24.2 Å². The van der Waals surface area contributed by atoms with Gasteiger partial charge >= 0.3 is 5.97 Å². The number of nitrogens with zero attached hydrogens (tertiary/aromatic N) is 1. The fourth-order valence-corrected chi connectivity index (χ4v) is 6.12. The van der Waals surface area contributed by atoms with Gasteiger partial charge in [-0.15, -0.1) is 0 Å². The molecule has 2 amide bonds. The number of carboxylic acids is 1. The molecule has 1 saturated carbocycles. The number of anilines is 1. The molecule has 1 saturated heterocycles. The Balaban J connectivity index is 1.38. The second-order valence-corrected chi connectivity index (χ2v) is 10.6. The van der Waals surface area contributed by atoms with Crippen molar-refractivity contribution < 1.29 is 28.3 Å². The predicted molar refractivity (Wildman–Crippen MR) is 143 cm³/mol. The standard InChI is InChI=1S/C29H32F2N4O4/c30-15-23(32)17-1-3-18(4-2-17)28(37)35-12-11-22(16-5-7-20(31)8-6-16)26(35)27(36)33-21-9-10-24-19(13-21)14-25(34-24)29(38)39/h5-10,13-14,17-18,22-23,26,34H,1-4,11-12,15,32H2,(H,33,36)(H,38,39)/t17?,18?,22-,23?,26-/m0/s1. The molecule has 39 heavy (non-hydrogen) atoms. The number of likely N-dealkylation sites (tertiary alicyclic amines) is 1. The van der Waals surface area contributed by atoms with Crippen molar-refractivity contribution in [2.75, 3.05) is 18.5 Å². The second kappa shape index (κ2) is 11.1. The zero-order valence-electron chi connectivity index (χ0n) is 21.4. The first kappa shape index (κ1) is 26.8.